The summed E-state index contributed by atoms with van der Waals surface area (Å²) in [6, 6.07) is 10.9. The highest BCUT2D eigenvalue weighted by Crippen LogP contribution is 2.31. The Morgan fingerprint density at radius 3 is 2.92 bits per heavy atom. The van der Waals surface area contributed by atoms with Gasteiger partial charge in [0.1, 0.15) is 11.3 Å². The van der Waals surface area contributed by atoms with E-state index >= 15 is 0 Å². The summed E-state index contributed by atoms with van der Waals surface area (Å²) in [6.45, 7) is 1.85. The smallest absolute Gasteiger partial charge is 0.293 e. The first-order valence-electron chi connectivity index (χ1n) is 7.50. The van der Waals surface area contributed by atoms with Crippen LogP contribution in [0.5, 0.6) is 5.75 Å². The summed E-state index contributed by atoms with van der Waals surface area (Å²) in [5.41, 5.74) is 2.19. The van der Waals surface area contributed by atoms with Crippen LogP contribution < -0.4 is 10.1 Å². The lowest BCUT2D eigenvalue weighted by Gasteiger charge is -1.99. The first kappa shape index (κ1) is 15.9. The van der Waals surface area contributed by atoms with Crippen LogP contribution in [0.4, 0.5) is 5.13 Å². The average molecular weight is 373 g/mol. The third kappa shape index (κ3) is 2.83. The number of amides is 1. The van der Waals surface area contributed by atoms with Crippen molar-refractivity contribution in [3.63, 3.8) is 0 Å². The molecule has 0 aliphatic rings. The maximum atomic E-state index is 12.6. The third-order valence-corrected chi connectivity index (χ3v) is 5.09. The molecule has 5 nitrogen and oxygen atoms in total. The van der Waals surface area contributed by atoms with Crippen molar-refractivity contribution in [3.05, 3.63) is 52.7 Å². The summed E-state index contributed by atoms with van der Waals surface area (Å²) in [5, 5.41) is 4.78. The number of aryl methyl sites for hydroxylation is 1. The summed E-state index contributed by atoms with van der Waals surface area (Å²) < 4.78 is 11.8. The van der Waals surface area contributed by atoms with Crippen molar-refractivity contribution in [2.75, 3.05) is 12.4 Å². The maximum Gasteiger partial charge on any atom is 0.293 e. The Labute approximate surface area is 152 Å². The normalized spacial score (nSPS) is 11.2. The molecule has 25 heavy (non-hydrogen) atoms. The monoisotopic (exact) mass is 372 g/mol. The van der Waals surface area contributed by atoms with Crippen LogP contribution in [0.2, 0.25) is 5.02 Å². The molecule has 1 amide bonds. The molecule has 0 fully saturated rings. The van der Waals surface area contributed by atoms with E-state index in [2.05, 4.69) is 10.3 Å². The topological polar surface area (TPSA) is 64.4 Å². The number of furan rings is 1. The standard InChI is InChI=1S/C18H13ClN2O3S/c1-9-12-8-11(23-2)4-6-14(12)24-16(9)17(22)21-18-20-13-5-3-10(19)7-15(13)25-18/h3-8H,1-2H3,(H,20,21,22). The number of aromatic nitrogens is 1. The molecular formula is C18H13ClN2O3S. The molecule has 0 radical (unpaired) electrons. The number of thiazole rings is 1. The number of hydrogen-bond donors (Lipinski definition) is 1. The Hall–Kier alpha value is -2.57. The van der Waals surface area contributed by atoms with E-state index in [1.807, 2.05) is 25.1 Å². The third-order valence-electron chi connectivity index (χ3n) is 3.92. The largest absolute Gasteiger partial charge is 0.497 e. The number of hydrogen-bond acceptors (Lipinski definition) is 5. The van der Waals surface area contributed by atoms with Crippen LogP contribution in [-0.2, 0) is 0 Å². The number of ether oxygens (including phenoxy) is 1. The van der Waals surface area contributed by atoms with E-state index in [1.54, 1.807) is 25.3 Å². The second-order valence-electron chi connectivity index (χ2n) is 5.50. The van der Waals surface area contributed by atoms with Gasteiger partial charge in [-0.1, -0.05) is 22.9 Å². The fourth-order valence-corrected chi connectivity index (χ4v) is 3.79. The van der Waals surface area contributed by atoms with Gasteiger partial charge in [0, 0.05) is 16.0 Å². The van der Waals surface area contributed by atoms with E-state index in [1.165, 1.54) is 11.3 Å². The molecule has 0 unspecified atom stereocenters. The molecule has 4 aromatic rings. The van der Waals surface area contributed by atoms with Crippen molar-refractivity contribution in [2.24, 2.45) is 0 Å². The Morgan fingerprint density at radius 1 is 1.28 bits per heavy atom. The molecule has 4 rings (SSSR count). The van der Waals surface area contributed by atoms with Gasteiger partial charge in [0.2, 0.25) is 0 Å². The molecule has 2 aromatic heterocycles. The van der Waals surface area contributed by atoms with E-state index in [4.69, 9.17) is 20.8 Å². The van der Waals surface area contributed by atoms with Crippen LogP contribution in [-0.4, -0.2) is 18.0 Å². The molecular weight excluding hydrogens is 360 g/mol. The highest BCUT2D eigenvalue weighted by Gasteiger charge is 2.19. The van der Waals surface area contributed by atoms with Crippen LogP contribution >= 0.6 is 22.9 Å². The zero-order chi connectivity index (χ0) is 17.6. The van der Waals surface area contributed by atoms with Crippen molar-refractivity contribution in [2.45, 2.75) is 6.92 Å². The zero-order valence-corrected chi connectivity index (χ0v) is 15.0. The molecule has 0 atom stereocenters. The number of carbonyl (C=O) groups excluding carboxylic acids is 1. The summed E-state index contributed by atoms with van der Waals surface area (Å²) in [6.07, 6.45) is 0. The quantitative estimate of drug-likeness (QED) is 0.532. The minimum Gasteiger partial charge on any atom is -0.497 e. The first-order valence-corrected chi connectivity index (χ1v) is 8.69. The van der Waals surface area contributed by atoms with Crippen LogP contribution in [0, 0.1) is 6.92 Å². The zero-order valence-electron chi connectivity index (χ0n) is 13.4. The molecule has 126 valence electrons. The number of rotatable bonds is 3. The molecule has 0 spiro atoms. The van der Waals surface area contributed by atoms with Gasteiger partial charge in [-0.25, -0.2) is 4.98 Å². The van der Waals surface area contributed by atoms with Gasteiger partial charge in [-0.15, -0.1) is 0 Å². The maximum absolute atomic E-state index is 12.6. The van der Waals surface area contributed by atoms with Crippen LogP contribution in [0.25, 0.3) is 21.2 Å². The van der Waals surface area contributed by atoms with Crippen LogP contribution in [0.1, 0.15) is 16.1 Å². The van der Waals surface area contributed by atoms with Crippen LogP contribution in [0.15, 0.2) is 40.8 Å². The van der Waals surface area contributed by atoms with Gasteiger partial charge in [-0.2, -0.15) is 0 Å². The predicted molar refractivity (Wildman–Crippen MR) is 100 cm³/mol. The summed E-state index contributed by atoms with van der Waals surface area (Å²) in [7, 11) is 1.60. The van der Waals surface area contributed by atoms with Crippen molar-refractivity contribution in [3.8, 4) is 5.75 Å². The van der Waals surface area contributed by atoms with Crippen molar-refractivity contribution in [1.82, 2.24) is 4.98 Å². The number of methoxy groups -OCH3 is 1. The highest BCUT2D eigenvalue weighted by atomic mass is 35.5. The Kier molecular flexibility index (Phi) is 3.86. The van der Waals surface area contributed by atoms with E-state index in [-0.39, 0.29) is 11.7 Å². The van der Waals surface area contributed by atoms with E-state index in [0.717, 1.165) is 21.2 Å². The Balaban J connectivity index is 1.67. The molecule has 1 N–H and O–H groups in total. The molecule has 0 aliphatic heterocycles. The van der Waals surface area contributed by atoms with Crippen molar-refractivity contribution in [1.29, 1.82) is 0 Å². The summed E-state index contributed by atoms with van der Waals surface area (Å²) in [4.78, 5) is 17.0. The van der Waals surface area contributed by atoms with Crippen LogP contribution in [0.3, 0.4) is 0 Å². The minimum atomic E-state index is -0.335. The van der Waals surface area contributed by atoms with Crippen molar-refractivity contribution < 1.29 is 13.9 Å². The Bertz CT molecular complexity index is 1120. The predicted octanol–water partition coefficient (Wildman–Crippen LogP) is 5.27. The number of fused-ring (bicyclic) bond motifs is 2. The molecule has 2 heterocycles. The molecule has 2 aromatic carbocycles. The van der Waals surface area contributed by atoms with E-state index in [9.17, 15) is 4.79 Å². The molecule has 0 aliphatic carbocycles. The van der Waals surface area contributed by atoms with Gasteiger partial charge in [0.15, 0.2) is 10.9 Å². The van der Waals surface area contributed by atoms with Gasteiger partial charge < -0.3 is 9.15 Å². The minimum absolute atomic E-state index is 0.264. The SMILES string of the molecule is COc1ccc2oc(C(=O)Nc3nc4ccc(Cl)cc4s3)c(C)c2c1. The number of carbonyl (C=O) groups is 1. The lowest BCUT2D eigenvalue weighted by Crippen LogP contribution is -2.11. The van der Waals surface area contributed by atoms with Gasteiger partial charge >= 0.3 is 0 Å². The number of nitrogens with one attached hydrogen (secondary N) is 1. The first-order chi connectivity index (χ1) is 12.0. The number of nitrogens with zero attached hydrogens (tertiary/aromatic N) is 1. The number of anilines is 1. The Morgan fingerprint density at radius 2 is 2.12 bits per heavy atom. The molecule has 0 saturated carbocycles. The van der Waals surface area contributed by atoms with Crippen molar-refractivity contribution >= 4 is 55.2 Å². The fraction of sp³-hybridized carbons (Fsp3) is 0.111. The molecule has 7 heteroatoms. The fourth-order valence-electron chi connectivity index (χ4n) is 2.65. The second-order valence-corrected chi connectivity index (χ2v) is 6.97. The summed E-state index contributed by atoms with van der Waals surface area (Å²) in [5.74, 6) is 0.643. The average Bonchev–Trinajstić information content (AvgIpc) is 3.14. The summed E-state index contributed by atoms with van der Waals surface area (Å²) >= 11 is 7.35. The number of halogens is 1. The lowest BCUT2D eigenvalue weighted by atomic mass is 10.1. The highest BCUT2D eigenvalue weighted by molar-refractivity contribution is 7.22. The number of benzene rings is 2. The molecule has 0 bridgehead atoms. The van der Waals surface area contributed by atoms with Gasteiger partial charge in [0.25, 0.3) is 5.91 Å². The van der Waals surface area contributed by atoms with Gasteiger partial charge in [-0.05, 0) is 43.3 Å². The van der Waals surface area contributed by atoms with E-state index < -0.39 is 0 Å². The van der Waals surface area contributed by atoms with E-state index in [0.29, 0.717) is 21.5 Å². The lowest BCUT2D eigenvalue weighted by molar-refractivity contribution is 0.0998. The van der Waals surface area contributed by atoms with Gasteiger partial charge in [0.05, 0.1) is 17.3 Å². The second kappa shape index (κ2) is 6.06. The van der Waals surface area contributed by atoms with Gasteiger partial charge in [-0.3, -0.25) is 10.1 Å². The molecule has 0 saturated heterocycles.